The van der Waals surface area contributed by atoms with Gasteiger partial charge in [-0.25, -0.2) is 4.39 Å². The van der Waals surface area contributed by atoms with Crippen LogP contribution in [0.5, 0.6) is 0 Å². The summed E-state index contributed by atoms with van der Waals surface area (Å²) < 4.78 is 13.8. The zero-order valence-electron chi connectivity index (χ0n) is 15.9. The van der Waals surface area contributed by atoms with E-state index in [1.165, 1.54) is 19.1 Å². The molecule has 4 rings (SSSR count). The summed E-state index contributed by atoms with van der Waals surface area (Å²) in [5.41, 5.74) is 2.91. The lowest BCUT2D eigenvalue weighted by atomic mass is 9.98. The summed E-state index contributed by atoms with van der Waals surface area (Å²) in [7, 11) is 0. The van der Waals surface area contributed by atoms with Crippen LogP contribution in [0.1, 0.15) is 41.0 Å². The standard InChI is InChI=1S/C21H20FN5O2/c1-13(28)27-10-9-18(17-8-7-16(22)11-15(17)12-27)23-21(29)20-19(24-26-25-20)14-5-3-2-4-6-14/h2-8,11,18H,9-10,12H2,1H3,(H,23,29)(H,24,25,26). The first-order valence-electron chi connectivity index (χ1n) is 9.34. The lowest BCUT2D eigenvalue weighted by molar-refractivity contribution is -0.129. The second kappa shape index (κ2) is 7.83. The van der Waals surface area contributed by atoms with Gasteiger partial charge in [-0.05, 0) is 29.7 Å². The van der Waals surface area contributed by atoms with Crippen LogP contribution in [0, 0.1) is 5.82 Å². The molecule has 0 saturated heterocycles. The molecule has 1 atom stereocenters. The molecular weight excluding hydrogens is 373 g/mol. The highest BCUT2D eigenvalue weighted by atomic mass is 19.1. The predicted octanol–water partition coefficient (Wildman–Crippen LogP) is 2.83. The van der Waals surface area contributed by atoms with Crippen LogP contribution >= 0.6 is 0 Å². The van der Waals surface area contributed by atoms with Gasteiger partial charge in [0, 0.05) is 25.6 Å². The minimum absolute atomic E-state index is 0.0879. The third-order valence-corrected chi connectivity index (χ3v) is 5.09. The van der Waals surface area contributed by atoms with E-state index in [0.29, 0.717) is 30.8 Å². The fourth-order valence-corrected chi connectivity index (χ4v) is 3.61. The second-order valence-corrected chi connectivity index (χ2v) is 6.99. The lowest BCUT2D eigenvalue weighted by Gasteiger charge is -2.19. The van der Waals surface area contributed by atoms with Crippen LogP contribution in [-0.4, -0.2) is 38.7 Å². The van der Waals surface area contributed by atoms with E-state index >= 15 is 0 Å². The number of nitrogens with zero attached hydrogens (tertiary/aromatic N) is 3. The molecule has 8 heteroatoms. The van der Waals surface area contributed by atoms with Gasteiger partial charge in [-0.1, -0.05) is 36.4 Å². The Labute approximate surface area is 166 Å². The average molecular weight is 393 g/mol. The number of aromatic amines is 1. The van der Waals surface area contributed by atoms with Gasteiger partial charge in [-0.3, -0.25) is 9.59 Å². The van der Waals surface area contributed by atoms with Crippen molar-refractivity contribution >= 4 is 11.8 Å². The van der Waals surface area contributed by atoms with Gasteiger partial charge in [0.2, 0.25) is 5.91 Å². The predicted molar refractivity (Wildman–Crippen MR) is 104 cm³/mol. The summed E-state index contributed by atoms with van der Waals surface area (Å²) in [6.45, 7) is 2.26. The number of aromatic nitrogens is 3. The number of amides is 2. The van der Waals surface area contributed by atoms with Gasteiger partial charge in [-0.2, -0.15) is 15.4 Å². The number of carbonyl (C=O) groups excluding carboxylic acids is 2. The summed E-state index contributed by atoms with van der Waals surface area (Å²) in [6.07, 6.45) is 0.516. The van der Waals surface area contributed by atoms with Crippen LogP contribution in [0.15, 0.2) is 48.5 Å². The second-order valence-electron chi connectivity index (χ2n) is 6.99. The van der Waals surface area contributed by atoms with E-state index in [9.17, 15) is 14.0 Å². The van der Waals surface area contributed by atoms with Gasteiger partial charge in [0.1, 0.15) is 11.5 Å². The summed E-state index contributed by atoms with van der Waals surface area (Å²) in [4.78, 5) is 26.5. The minimum Gasteiger partial charge on any atom is -0.344 e. The number of hydrogen-bond acceptors (Lipinski definition) is 4. The third kappa shape index (κ3) is 3.87. The number of H-pyrrole nitrogens is 1. The van der Waals surface area contributed by atoms with Crippen molar-refractivity contribution in [3.63, 3.8) is 0 Å². The number of carbonyl (C=O) groups is 2. The molecular formula is C21H20FN5O2. The Kier molecular flexibility index (Phi) is 5.07. The SMILES string of the molecule is CC(=O)N1CCC(NC(=O)c2n[nH]nc2-c2ccccc2)c2ccc(F)cc2C1. The Balaban J connectivity index is 1.62. The highest BCUT2D eigenvalue weighted by Crippen LogP contribution is 2.28. The fourth-order valence-electron chi connectivity index (χ4n) is 3.61. The highest BCUT2D eigenvalue weighted by Gasteiger charge is 2.27. The van der Waals surface area contributed by atoms with Crippen molar-refractivity contribution in [1.82, 2.24) is 25.6 Å². The van der Waals surface area contributed by atoms with E-state index in [4.69, 9.17) is 0 Å². The molecule has 0 spiro atoms. The zero-order chi connectivity index (χ0) is 20.4. The maximum Gasteiger partial charge on any atom is 0.274 e. The molecule has 0 saturated carbocycles. The van der Waals surface area contributed by atoms with E-state index in [1.807, 2.05) is 30.3 Å². The first kappa shape index (κ1) is 18.8. The van der Waals surface area contributed by atoms with Crippen LogP contribution in [0.3, 0.4) is 0 Å². The molecule has 1 aliphatic rings. The molecule has 2 amide bonds. The summed E-state index contributed by atoms with van der Waals surface area (Å²) >= 11 is 0. The molecule has 0 radical (unpaired) electrons. The molecule has 1 aliphatic heterocycles. The van der Waals surface area contributed by atoms with Gasteiger partial charge in [0.05, 0.1) is 6.04 Å². The normalized spacial score (nSPS) is 16.1. The van der Waals surface area contributed by atoms with Gasteiger partial charge in [0.25, 0.3) is 5.91 Å². The quantitative estimate of drug-likeness (QED) is 0.716. The molecule has 0 bridgehead atoms. The van der Waals surface area contributed by atoms with E-state index in [2.05, 4.69) is 20.7 Å². The molecule has 1 unspecified atom stereocenters. The molecule has 1 aromatic heterocycles. The van der Waals surface area contributed by atoms with Crippen molar-refractivity contribution in [2.75, 3.05) is 6.54 Å². The average Bonchev–Trinajstić information content (AvgIpc) is 3.14. The summed E-state index contributed by atoms with van der Waals surface area (Å²) in [5, 5.41) is 13.6. The Hall–Kier alpha value is -3.55. The topological polar surface area (TPSA) is 91.0 Å². The van der Waals surface area contributed by atoms with Crippen LogP contribution in [0.2, 0.25) is 0 Å². The van der Waals surface area contributed by atoms with E-state index in [0.717, 1.165) is 11.1 Å². The smallest absolute Gasteiger partial charge is 0.274 e. The Morgan fingerprint density at radius 1 is 1.17 bits per heavy atom. The van der Waals surface area contributed by atoms with Gasteiger partial charge < -0.3 is 10.2 Å². The van der Waals surface area contributed by atoms with Crippen molar-refractivity contribution in [2.45, 2.75) is 25.9 Å². The lowest BCUT2D eigenvalue weighted by Crippen LogP contribution is -2.31. The van der Waals surface area contributed by atoms with Crippen molar-refractivity contribution in [3.8, 4) is 11.3 Å². The Morgan fingerprint density at radius 3 is 2.72 bits per heavy atom. The van der Waals surface area contributed by atoms with Crippen LogP contribution in [0.4, 0.5) is 4.39 Å². The van der Waals surface area contributed by atoms with Gasteiger partial charge in [-0.15, -0.1) is 0 Å². The first-order valence-corrected chi connectivity index (χ1v) is 9.34. The third-order valence-electron chi connectivity index (χ3n) is 5.09. The summed E-state index contributed by atoms with van der Waals surface area (Å²) in [6, 6.07) is 13.4. The first-order chi connectivity index (χ1) is 14.0. The number of benzene rings is 2. The van der Waals surface area contributed by atoms with E-state index < -0.39 is 0 Å². The largest absolute Gasteiger partial charge is 0.344 e. The zero-order valence-corrected chi connectivity index (χ0v) is 15.9. The van der Waals surface area contributed by atoms with Gasteiger partial charge >= 0.3 is 0 Å². The van der Waals surface area contributed by atoms with Crippen molar-refractivity contribution in [1.29, 1.82) is 0 Å². The fraction of sp³-hybridized carbons (Fsp3) is 0.238. The molecule has 2 aromatic carbocycles. The minimum atomic E-state index is -0.380. The number of hydrogen-bond donors (Lipinski definition) is 2. The Bertz CT molecular complexity index is 1050. The molecule has 2 heterocycles. The van der Waals surface area contributed by atoms with Gasteiger partial charge in [0.15, 0.2) is 5.69 Å². The molecule has 148 valence electrons. The van der Waals surface area contributed by atoms with E-state index in [-0.39, 0.29) is 29.4 Å². The highest BCUT2D eigenvalue weighted by molar-refractivity contribution is 5.98. The molecule has 0 fully saturated rings. The van der Waals surface area contributed by atoms with Crippen molar-refractivity contribution in [3.05, 3.63) is 71.2 Å². The molecule has 3 aromatic rings. The molecule has 29 heavy (non-hydrogen) atoms. The number of rotatable bonds is 3. The van der Waals surface area contributed by atoms with Crippen LogP contribution in [0.25, 0.3) is 11.3 Å². The maximum absolute atomic E-state index is 13.8. The monoisotopic (exact) mass is 393 g/mol. The molecule has 7 nitrogen and oxygen atoms in total. The molecule has 0 aliphatic carbocycles. The Morgan fingerprint density at radius 2 is 1.97 bits per heavy atom. The van der Waals surface area contributed by atoms with Crippen LogP contribution in [-0.2, 0) is 11.3 Å². The number of nitrogens with one attached hydrogen (secondary N) is 2. The van der Waals surface area contributed by atoms with E-state index in [1.54, 1.807) is 11.0 Å². The van der Waals surface area contributed by atoms with Crippen molar-refractivity contribution < 1.29 is 14.0 Å². The van der Waals surface area contributed by atoms with Crippen molar-refractivity contribution in [2.24, 2.45) is 0 Å². The maximum atomic E-state index is 13.8. The molecule has 2 N–H and O–H groups in total. The van der Waals surface area contributed by atoms with Crippen LogP contribution < -0.4 is 5.32 Å². The number of fused-ring (bicyclic) bond motifs is 1. The summed E-state index contributed by atoms with van der Waals surface area (Å²) in [5.74, 6) is -0.841. The number of halogens is 1.